The van der Waals surface area contributed by atoms with E-state index < -0.39 is 24.4 Å². The van der Waals surface area contributed by atoms with Crippen LogP contribution in [0.25, 0.3) is 0 Å². The van der Waals surface area contributed by atoms with Gasteiger partial charge in [0, 0.05) is 16.2 Å². The summed E-state index contributed by atoms with van der Waals surface area (Å²) in [6, 6.07) is 3.58. The van der Waals surface area contributed by atoms with E-state index in [0.717, 1.165) is 34.6 Å². The topological polar surface area (TPSA) is 116 Å². The quantitative estimate of drug-likeness (QED) is 0.503. The maximum Gasteiger partial charge on any atom is 0.306 e. The van der Waals surface area contributed by atoms with Crippen molar-refractivity contribution in [2.45, 2.75) is 39.0 Å². The summed E-state index contributed by atoms with van der Waals surface area (Å²) >= 11 is 2.71. The molecule has 7 nitrogen and oxygen atoms in total. The van der Waals surface area contributed by atoms with Crippen molar-refractivity contribution >= 4 is 51.2 Å². The highest BCUT2D eigenvalue weighted by atomic mass is 32.1. The van der Waals surface area contributed by atoms with Crippen molar-refractivity contribution in [3.63, 3.8) is 0 Å². The molecule has 0 fully saturated rings. The second-order valence-corrected chi connectivity index (χ2v) is 8.86. The molecule has 0 aromatic carbocycles. The van der Waals surface area contributed by atoms with Gasteiger partial charge in [0.05, 0.1) is 16.9 Å². The van der Waals surface area contributed by atoms with Crippen LogP contribution in [0.1, 0.15) is 54.6 Å². The first kappa shape index (κ1) is 20.2. The molecule has 0 unspecified atom stereocenters. The lowest BCUT2D eigenvalue weighted by Gasteiger charge is -2.07. The Labute approximate surface area is 169 Å². The van der Waals surface area contributed by atoms with Crippen molar-refractivity contribution in [3.05, 3.63) is 37.9 Å². The Morgan fingerprint density at radius 2 is 1.93 bits per heavy atom. The van der Waals surface area contributed by atoms with Gasteiger partial charge in [0.25, 0.3) is 11.8 Å². The molecule has 0 spiro atoms. The zero-order chi connectivity index (χ0) is 20.3. The van der Waals surface area contributed by atoms with Gasteiger partial charge in [-0.3, -0.25) is 19.2 Å². The lowest BCUT2D eigenvalue weighted by atomic mass is 10.1. The number of rotatable bonds is 8. The van der Waals surface area contributed by atoms with Crippen LogP contribution in [0.5, 0.6) is 0 Å². The smallest absolute Gasteiger partial charge is 0.306 e. The molecule has 3 N–H and O–H groups in total. The van der Waals surface area contributed by atoms with Crippen molar-refractivity contribution in [1.82, 2.24) is 0 Å². The highest BCUT2D eigenvalue weighted by Crippen LogP contribution is 2.38. The van der Waals surface area contributed by atoms with Gasteiger partial charge in [0.1, 0.15) is 5.00 Å². The number of anilines is 1. The van der Waals surface area contributed by atoms with Gasteiger partial charge in [0.2, 0.25) is 0 Å². The van der Waals surface area contributed by atoms with Gasteiger partial charge in [-0.2, -0.15) is 0 Å². The van der Waals surface area contributed by atoms with Crippen LogP contribution in [0, 0.1) is 6.92 Å². The molecular weight excluding hydrogens is 400 g/mol. The highest BCUT2D eigenvalue weighted by Gasteiger charge is 2.26. The second kappa shape index (κ2) is 8.66. The lowest BCUT2D eigenvalue weighted by Crippen LogP contribution is -2.22. The SMILES string of the molecule is Cc1ccc(C(=O)CCC(=O)OCC(=O)Nc2sc3c(c2C(N)=O)CCC3)s1. The largest absolute Gasteiger partial charge is 0.456 e. The number of thiophene rings is 2. The molecule has 0 saturated heterocycles. The van der Waals surface area contributed by atoms with E-state index in [1.807, 2.05) is 13.0 Å². The molecule has 0 atom stereocenters. The summed E-state index contributed by atoms with van der Waals surface area (Å²) in [7, 11) is 0. The van der Waals surface area contributed by atoms with Gasteiger partial charge in [-0.15, -0.1) is 22.7 Å². The van der Waals surface area contributed by atoms with E-state index in [9.17, 15) is 19.2 Å². The number of primary amides is 1. The number of fused-ring (bicyclic) bond motifs is 1. The Morgan fingerprint density at radius 3 is 2.61 bits per heavy atom. The summed E-state index contributed by atoms with van der Waals surface area (Å²) in [4.78, 5) is 50.3. The first-order chi connectivity index (χ1) is 13.3. The summed E-state index contributed by atoms with van der Waals surface area (Å²) < 4.78 is 4.93. The van der Waals surface area contributed by atoms with Crippen LogP contribution in [-0.2, 0) is 27.2 Å². The average Bonchev–Trinajstić information content (AvgIpc) is 3.33. The molecule has 1 aliphatic carbocycles. The van der Waals surface area contributed by atoms with Gasteiger partial charge in [-0.05, 0) is 43.9 Å². The summed E-state index contributed by atoms with van der Waals surface area (Å²) in [5.74, 6) is -1.87. The number of carbonyl (C=O) groups is 4. The molecule has 2 amide bonds. The predicted molar refractivity (Wildman–Crippen MR) is 107 cm³/mol. The summed E-state index contributed by atoms with van der Waals surface area (Å²) in [5, 5.41) is 3.01. The Bertz CT molecular complexity index is 944. The average molecular weight is 421 g/mol. The molecule has 0 radical (unpaired) electrons. The third kappa shape index (κ3) is 4.66. The number of hydrogen-bond donors (Lipinski definition) is 2. The number of aryl methyl sites for hydroxylation is 2. The van der Waals surface area contributed by atoms with E-state index in [0.29, 0.717) is 15.4 Å². The van der Waals surface area contributed by atoms with E-state index in [2.05, 4.69) is 5.32 Å². The van der Waals surface area contributed by atoms with Gasteiger partial charge in [-0.25, -0.2) is 0 Å². The van der Waals surface area contributed by atoms with Gasteiger partial charge in [-0.1, -0.05) is 0 Å². The first-order valence-corrected chi connectivity index (χ1v) is 10.5. The monoisotopic (exact) mass is 420 g/mol. The number of ether oxygens (including phenoxy) is 1. The number of Topliss-reactive ketones (excluding diaryl/α,β-unsaturated/α-hetero) is 1. The predicted octanol–water partition coefficient (Wildman–Crippen LogP) is 2.85. The summed E-state index contributed by atoms with van der Waals surface area (Å²) in [6.45, 7) is 1.42. The van der Waals surface area contributed by atoms with Gasteiger partial charge < -0.3 is 15.8 Å². The van der Waals surface area contributed by atoms with Crippen molar-refractivity contribution < 1.29 is 23.9 Å². The van der Waals surface area contributed by atoms with Gasteiger partial charge in [0.15, 0.2) is 12.4 Å². The third-order valence-electron chi connectivity index (χ3n) is 4.36. The van der Waals surface area contributed by atoms with Crippen LogP contribution < -0.4 is 11.1 Å². The minimum absolute atomic E-state index is 0.0316. The Balaban J connectivity index is 1.47. The number of nitrogens with one attached hydrogen (secondary N) is 1. The molecule has 0 aliphatic heterocycles. The normalized spacial score (nSPS) is 12.5. The minimum Gasteiger partial charge on any atom is -0.456 e. The molecule has 3 rings (SSSR count). The summed E-state index contributed by atoms with van der Waals surface area (Å²) in [6.07, 6.45) is 2.54. The lowest BCUT2D eigenvalue weighted by molar-refractivity contribution is -0.147. The van der Waals surface area contributed by atoms with Crippen molar-refractivity contribution in [2.24, 2.45) is 5.73 Å². The molecule has 0 saturated carbocycles. The maximum atomic E-state index is 12.1. The molecule has 28 heavy (non-hydrogen) atoms. The minimum atomic E-state index is -0.624. The molecule has 2 heterocycles. The van der Waals surface area contributed by atoms with Crippen molar-refractivity contribution in [3.8, 4) is 0 Å². The van der Waals surface area contributed by atoms with Crippen LogP contribution in [0.4, 0.5) is 5.00 Å². The van der Waals surface area contributed by atoms with E-state index in [4.69, 9.17) is 10.5 Å². The molecule has 148 valence electrons. The van der Waals surface area contributed by atoms with Crippen LogP contribution in [0.2, 0.25) is 0 Å². The van der Waals surface area contributed by atoms with Crippen LogP contribution >= 0.6 is 22.7 Å². The first-order valence-electron chi connectivity index (χ1n) is 8.84. The van der Waals surface area contributed by atoms with E-state index in [1.165, 1.54) is 22.7 Å². The van der Waals surface area contributed by atoms with E-state index >= 15 is 0 Å². The molecule has 0 bridgehead atoms. The number of hydrogen-bond acceptors (Lipinski definition) is 7. The fourth-order valence-electron chi connectivity index (χ4n) is 3.06. The van der Waals surface area contributed by atoms with Crippen molar-refractivity contribution in [2.75, 3.05) is 11.9 Å². The number of carbonyl (C=O) groups excluding carboxylic acids is 4. The number of nitrogens with two attached hydrogens (primary N) is 1. The Morgan fingerprint density at radius 1 is 1.14 bits per heavy atom. The fraction of sp³-hybridized carbons (Fsp3) is 0.368. The summed E-state index contributed by atoms with van der Waals surface area (Å²) in [5.41, 5.74) is 6.71. The van der Waals surface area contributed by atoms with E-state index in [-0.39, 0.29) is 18.6 Å². The molecule has 2 aromatic heterocycles. The Kier molecular flexibility index (Phi) is 6.25. The zero-order valence-corrected chi connectivity index (χ0v) is 17.0. The molecule has 9 heteroatoms. The molecular formula is C19H20N2O5S2. The standard InChI is InChI=1S/C19H20N2O5S2/c1-10-5-7-14(27-10)12(22)6-8-16(24)26-9-15(23)21-19-17(18(20)25)11-3-2-4-13(11)28-19/h5,7H,2-4,6,8-9H2,1H3,(H2,20,25)(H,21,23). The number of ketones is 1. The number of amides is 2. The Hall–Kier alpha value is -2.52. The van der Waals surface area contributed by atoms with Crippen molar-refractivity contribution in [1.29, 1.82) is 0 Å². The fourth-order valence-corrected chi connectivity index (χ4v) is 5.20. The number of esters is 1. The van der Waals surface area contributed by atoms with Crippen LogP contribution in [0.15, 0.2) is 12.1 Å². The van der Waals surface area contributed by atoms with Gasteiger partial charge >= 0.3 is 5.97 Å². The highest BCUT2D eigenvalue weighted by molar-refractivity contribution is 7.17. The zero-order valence-electron chi connectivity index (χ0n) is 15.3. The maximum absolute atomic E-state index is 12.1. The second-order valence-electron chi connectivity index (χ2n) is 6.47. The van der Waals surface area contributed by atoms with Crippen LogP contribution in [0.3, 0.4) is 0 Å². The van der Waals surface area contributed by atoms with Crippen LogP contribution in [-0.4, -0.2) is 30.2 Å². The molecule has 1 aliphatic rings. The van der Waals surface area contributed by atoms with E-state index in [1.54, 1.807) is 6.07 Å². The molecule has 2 aromatic rings. The third-order valence-corrected chi connectivity index (χ3v) is 6.61.